The molecule has 0 aromatic heterocycles. The predicted molar refractivity (Wildman–Crippen MR) is 123 cm³/mol. The molecule has 0 spiro atoms. The number of carbonyl (C=O) groups is 4. The van der Waals surface area contributed by atoms with Crippen LogP contribution in [0.4, 0.5) is 0 Å². The Morgan fingerprint density at radius 2 is 1.69 bits per heavy atom. The summed E-state index contributed by atoms with van der Waals surface area (Å²) in [7, 11) is -2.83. The smallest absolute Gasteiger partial charge is 0.293 e. The molecule has 2 aliphatic rings. The number of ketones is 2. The molecule has 2 aromatic rings. The topological polar surface area (TPSA) is 147 Å². The van der Waals surface area contributed by atoms with Crippen molar-refractivity contribution in [2.75, 3.05) is 7.11 Å². The molecule has 0 bridgehead atoms. The molecule has 10 heteroatoms. The minimum atomic E-state index is -3.87. The lowest BCUT2D eigenvalue weighted by molar-refractivity contribution is -0.134. The van der Waals surface area contributed by atoms with Crippen molar-refractivity contribution in [3.05, 3.63) is 76.4 Å². The summed E-state index contributed by atoms with van der Waals surface area (Å²) in [4.78, 5) is 49.5. The molecule has 0 atom stereocenters. The van der Waals surface area contributed by atoms with Crippen LogP contribution < -0.4 is 5.32 Å². The molecule has 0 unspecified atom stereocenters. The van der Waals surface area contributed by atoms with E-state index in [9.17, 15) is 32.9 Å². The summed E-state index contributed by atoms with van der Waals surface area (Å²) < 4.78 is 28.0. The van der Waals surface area contributed by atoms with Crippen LogP contribution in [0.5, 0.6) is 0 Å². The second kappa shape index (κ2) is 9.21. The number of Topliss-reactive ketones (excluding diaryl/α,β-unsaturated/α-hetero) is 2. The van der Waals surface area contributed by atoms with Gasteiger partial charge in [-0.25, -0.2) is 0 Å². The van der Waals surface area contributed by atoms with Crippen molar-refractivity contribution < 1.29 is 31.8 Å². The Bertz CT molecular complexity index is 1490. The van der Waals surface area contributed by atoms with Crippen molar-refractivity contribution in [2.24, 2.45) is 0 Å². The van der Waals surface area contributed by atoms with E-state index in [1.807, 2.05) is 6.07 Å². The van der Waals surface area contributed by atoms with Crippen LogP contribution in [0.2, 0.25) is 0 Å². The van der Waals surface area contributed by atoms with E-state index in [4.69, 9.17) is 0 Å². The van der Waals surface area contributed by atoms with Gasteiger partial charge in [0, 0.05) is 12.8 Å². The van der Waals surface area contributed by atoms with Crippen molar-refractivity contribution in [3.8, 4) is 6.07 Å². The summed E-state index contributed by atoms with van der Waals surface area (Å²) in [5.41, 5.74) is 2.06. The highest BCUT2D eigenvalue weighted by Crippen LogP contribution is 2.44. The van der Waals surface area contributed by atoms with Crippen LogP contribution in [-0.2, 0) is 39.9 Å². The third-order valence-electron chi connectivity index (χ3n) is 5.80. The van der Waals surface area contributed by atoms with Gasteiger partial charge in [0.05, 0.1) is 29.6 Å². The number of nitriles is 1. The summed E-state index contributed by atoms with van der Waals surface area (Å²) in [6.07, 6.45) is -0.617. The van der Waals surface area contributed by atoms with Gasteiger partial charge in [-0.15, -0.1) is 0 Å². The molecule has 1 fully saturated rings. The number of carbonyl (C=O) groups excluding carboxylic acids is 4. The van der Waals surface area contributed by atoms with Crippen molar-refractivity contribution in [1.82, 2.24) is 5.32 Å². The molecule has 35 heavy (non-hydrogen) atoms. The number of nitrogens with zero attached hydrogens (tertiary/aromatic N) is 1. The van der Waals surface area contributed by atoms with Gasteiger partial charge in [-0.3, -0.25) is 28.7 Å². The van der Waals surface area contributed by atoms with Crippen molar-refractivity contribution >= 4 is 44.6 Å². The second-order valence-corrected chi connectivity index (χ2v) is 9.60. The number of benzene rings is 2. The largest absolute Gasteiger partial charge is 0.296 e. The minimum Gasteiger partial charge on any atom is -0.293 e. The summed E-state index contributed by atoms with van der Waals surface area (Å²) >= 11 is 0. The number of piperidine rings is 1. The molecule has 1 saturated heterocycles. The number of nitrogens with one attached hydrogen (secondary N) is 1. The number of fused-ring (bicyclic) bond motifs is 1. The second-order valence-electron chi connectivity index (χ2n) is 7.88. The Morgan fingerprint density at radius 1 is 1.03 bits per heavy atom. The number of hydrogen-bond donors (Lipinski definition) is 1. The van der Waals surface area contributed by atoms with Gasteiger partial charge in [-0.1, -0.05) is 36.4 Å². The van der Waals surface area contributed by atoms with Crippen LogP contribution in [0.1, 0.15) is 29.5 Å². The zero-order chi connectivity index (χ0) is 25.3. The van der Waals surface area contributed by atoms with Crippen molar-refractivity contribution in [2.45, 2.75) is 24.2 Å². The van der Waals surface area contributed by atoms with Gasteiger partial charge < -0.3 is 0 Å². The predicted octanol–water partition coefficient (Wildman–Crippen LogP) is 1.88. The molecule has 0 radical (unpaired) electrons. The van der Waals surface area contributed by atoms with Gasteiger partial charge in [0.2, 0.25) is 5.91 Å². The lowest BCUT2D eigenvalue weighted by Gasteiger charge is -2.15. The third-order valence-corrected chi connectivity index (χ3v) is 7.09. The van der Waals surface area contributed by atoms with Gasteiger partial charge in [0.1, 0.15) is 6.07 Å². The van der Waals surface area contributed by atoms with Crippen LogP contribution in [-0.4, -0.2) is 38.9 Å². The highest BCUT2D eigenvalue weighted by atomic mass is 32.2. The minimum absolute atomic E-state index is 0.00167. The first kappa shape index (κ1) is 23.9. The average Bonchev–Trinajstić information content (AvgIpc) is 3.18. The molecule has 9 nitrogen and oxygen atoms in total. The summed E-state index contributed by atoms with van der Waals surface area (Å²) in [5.74, 6) is -2.59. The molecular formula is C25H18N2O7S. The van der Waals surface area contributed by atoms with E-state index in [-0.39, 0.29) is 28.9 Å². The first-order valence-corrected chi connectivity index (χ1v) is 11.8. The van der Waals surface area contributed by atoms with Crippen molar-refractivity contribution in [1.29, 1.82) is 5.26 Å². The number of hydrogen-bond acceptors (Lipinski definition) is 8. The van der Waals surface area contributed by atoms with Gasteiger partial charge in [0.15, 0.2) is 11.6 Å². The molecule has 1 N–H and O–H groups in total. The average molecular weight is 490 g/mol. The maximum atomic E-state index is 13.1. The molecule has 2 amide bonds. The summed E-state index contributed by atoms with van der Waals surface area (Å²) in [6, 6.07) is 14.3. The van der Waals surface area contributed by atoms with Gasteiger partial charge in [0.25, 0.3) is 16.0 Å². The lowest BCUT2D eigenvalue weighted by atomic mass is 9.93. The highest BCUT2D eigenvalue weighted by molar-refractivity contribution is 7.86. The van der Waals surface area contributed by atoms with E-state index in [0.717, 1.165) is 7.11 Å². The maximum Gasteiger partial charge on any atom is 0.296 e. The summed E-state index contributed by atoms with van der Waals surface area (Å²) in [5, 5.41) is 12.0. The maximum absolute atomic E-state index is 13.1. The molecule has 1 aliphatic carbocycles. The molecule has 2 aromatic carbocycles. The molecule has 4 rings (SSSR count). The van der Waals surface area contributed by atoms with Gasteiger partial charge in [-0.2, -0.15) is 13.7 Å². The standard InChI is InChI=1S/C25H18N2O7S/c1-34-35(32,33)15-8-6-14(7-9-15)10-21(28)20(13-26)18-11-19(17-5-3-2-4-16(17)18)24-22(29)12-23(30)27-25(24)31/h2-9H,10-12H2,1H3,(H,27,30,31)/b20-18-,24-19-. The number of allylic oxidation sites excluding steroid dienone is 3. The zero-order valence-electron chi connectivity index (χ0n) is 18.5. The first-order chi connectivity index (χ1) is 16.7. The fourth-order valence-corrected chi connectivity index (χ4v) is 4.83. The number of amides is 2. The van der Waals surface area contributed by atoms with Crippen LogP contribution >= 0.6 is 0 Å². The van der Waals surface area contributed by atoms with E-state index < -0.39 is 39.9 Å². The quantitative estimate of drug-likeness (QED) is 0.167. The SMILES string of the molecule is COS(=O)(=O)c1ccc(CC(=O)/C(C#N)=C2/C/C(=C3\C(=O)CC(=O)NC3=O)c3ccccc32)cc1. The molecule has 1 aliphatic heterocycles. The van der Waals surface area contributed by atoms with Crippen molar-refractivity contribution in [3.63, 3.8) is 0 Å². The molecule has 0 saturated carbocycles. The molecular weight excluding hydrogens is 472 g/mol. The zero-order valence-corrected chi connectivity index (χ0v) is 19.3. The van der Waals surface area contributed by atoms with Gasteiger partial charge >= 0.3 is 0 Å². The van der Waals surface area contributed by atoms with E-state index in [1.54, 1.807) is 24.3 Å². The van der Waals surface area contributed by atoms with Crippen LogP contribution in [0.3, 0.4) is 0 Å². The molecule has 176 valence electrons. The van der Waals surface area contributed by atoms with E-state index >= 15 is 0 Å². The normalized spacial score (nSPS) is 19.1. The van der Waals surface area contributed by atoms with E-state index in [2.05, 4.69) is 9.50 Å². The highest BCUT2D eigenvalue weighted by Gasteiger charge is 2.36. The van der Waals surface area contributed by atoms with Crippen LogP contribution in [0.25, 0.3) is 11.1 Å². The van der Waals surface area contributed by atoms with E-state index in [0.29, 0.717) is 27.8 Å². The first-order valence-electron chi connectivity index (χ1n) is 10.4. The summed E-state index contributed by atoms with van der Waals surface area (Å²) in [6.45, 7) is 0. The lowest BCUT2D eigenvalue weighted by Crippen LogP contribution is -2.41. The fraction of sp³-hybridized carbons (Fsp3) is 0.160. The Morgan fingerprint density at radius 3 is 2.29 bits per heavy atom. The third kappa shape index (κ3) is 4.47. The Balaban J connectivity index is 1.73. The Labute approximate surface area is 200 Å². The monoisotopic (exact) mass is 490 g/mol. The van der Waals surface area contributed by atoms with E-state index in [1.165, 1.54) is 24.3 Å². The van der Waals surface area contributed by atoms with Crippen LogP contribution in [0, 0.1) is 11.3 Å². The van der Waals surface area contributed by atoms with Gasteiger partial charge in [-0.05, 0) is 40.0 Å². The number of imide groups is 1. The Kier molecular flexibility index (Phi) is 6.30. The molecule has 1 heterocycles. The fourth-order valence-electron chi connectivity index (χ4n) is 4.16. The van der Waals surface area contributed by atoms with Crippen LogP contribution in [0.15, 0.2) is 64.6 Å². The number of rotatable bonds is 5. The Hall–Kier alpha value is -4.20.